The standard InChI is InChI=1S/C18H18FNO4/c1-11-4-5-12(19)8-14(11)20-18(21)13-9-16-17(10-15(13)22-2)24-7-3-6-23-16/h4-5,8-10H,3,6-7H2,1-2H3,(H,20,21). The molecule has 24 heavy (non-hydrogen) atoms. The third-order valence-corrected chi connectivity index (χ3v) is 3.76. The molecule has 0 unspecified atom stereocenters. The first-order chi connectivity index (χ1) is 11.6. The van der Waals surface area contributed by atoms with Crippen molar-refractivity contribution in [3.05, 3.63) is 47.3 Å². The van der Waals surface area contributed by atoms with E-state index in [0.29, 0.717) is 41.7 Å². The fraction of sp³-hybridized carbons (Fsp3) is 0.278. The number of rotatable bonds is 3. The molecule has 0 aromatic heterocycles. The molecule has 2 aromatic rings. The third-order valence-electron chi connectivity index (χ3n) is 3.76. The van der Waals surface area contributed by atoms with Crippen LogP contribution in [0, 0.1) is 12.7 Å². The molecule has 1 amide bonds. The van der Waals surface area contributed by atoms with Gasteiger partial charge < -0.3 is 19.5 Å². The van der Waals surface area contributed by atoms with Crippen molar-refractivity contribution < 1.29 is 23.4 Å². The molecule has 5 nitrogen and oxygen atoms in total. The number of fused-ring (bicyclic) bond motifs is 1. The molecule has 1 aliphatic rings. The van der Waals surface area contributed by atoms with Gasteiger partial charge in [-0.2, -0.15) is 0 Å². The molecule has 0 spiro atoms. The summed E-state index contributed by atoms with van der Waals surface area (Å²) in [6, 6.07) is 7.45. The van der Waals surface area contributed by atoms with Gasteiger partial charge in [-0.05, 0) is 24.6 Å². The summed E-state index contributed by atoms with van der Waals surface area (Å²) in [6.45, 7) is 2.85. The van der Waals surface area contributed by atoms with E-state index >= 15 is 0 Å². The van der Waals surface area contributed by atoms with Crippen molar-refractivity contribution in [3.63, 3.8) is 0 Å². The van der Waals surface area contributed by atoms with Crippen LogP contribution in [0.4, 0.5) is 10.1 Å². The molecule has 2 aromatic carbocycles. The van der Waals surface area contributed by atoms with E-state index in [4.69, 9.17) is 14.2 Å². The van der Waals surface area contributed by atoms with Gasteiger partial charge in [0, 0.05) is 24.2 Å². The molecule has 6 heteroatoms. The highest BCUT2D eigenvalue weighted by Gasteiger charge is 2.20. The first kappa shape index (κ1) is 16.1. The zero-order valence-electron chi connectivity index (χ0n) is 13.5. The highest BCUT2D eigenvalue weighted by molar-refractivity contribution is 6.07. The predicted molar refractivity (Wildman–Crippen MR) is 87.7 cm³/mol. The number of amides is 1. The normalized spacial score (nSPS) is 13.1. The van der Waals surface area contributed by atoms with Gasteiger partial charge in [0.05, 0.1) is 25.9 Å². The second-order valence-corrected chi connectivity index (χ2v) is 5.46. The van der Waals surface area contributed by atoms with Gasteiger partial charge in [0.15, 0.2) is 11.5 Å². The number of hydrogen-bond donors (Lipinski definition) is 1. The average molecular weight is 331 g/mol. The van der Waals surface area contributed by atoms with Crippen molar-refractivity contribution in [2.75, 3.05) is 25.6 Å². The molecule has 1 N–H and O–H groups in total. The lowest BCUT2D eigenvalue weighted by molar-refractivity contribution is 0.102. The Balaban J connectivity index is 1.94. The number of hydrogen-bond acceptors (Lipinski definition) is 4. The van der Waals surface area contributed by atoms with Crippen LogP contribution in [-0.4, -0.2) is 26.2 Å². The molecule has 126 valence electrons. The average Bonchev–Trinajstić information content (AvgIpc) is 2.81. The molecule has 0 aliphatic carbocycles. The highest BCUT2D eigenvalue weighted by atomic mass is 19.1. The molecule has 0 atom stereocenters. The van der Waals surface area contributed by atoms with Gasteiger partial charge in [-0.1, -0.05) is 6.07 Å². The number of carbonyl (C=O) groups is 1. The zero-order valence-corrected chi connectivity index (χ0v) is 13.5. The predicted octanol–water partition coefficient (Wildman–Crippen LogP) is 3.56. The molecule has 1 aliphatic heterocycles. The van der Waals surface area contributed by atoms with Crippen LogP contribution in [-0.2, 0) is 0 Å². The van der Waals surface area contributed by atoms with Crippen LogP contribution in [0.25, 0.3) is 0 Å². The summed E-state index contributed by atoms with van der Waals surface area (Å²) >= 11 is 0. The molecule has 1 heterocycles. The van der Waals surface area contributed by atoms with Gasteiger partial charge >= 0.3 is 0 Å². The Morgan fingerprint density at radius 1 is 1.17 bits per heavy atom. The van der Waals surface area contributed by atoms with Gasteiger partial charge in [-0.25, -0.2) is 4.39 Å². The fourth-order valence-electron chi connectivity index (χ4n) is 2.45. The Kier molecular flexibility index (Phi) is 4.55. The first-order valence-corrected chi connectivity index (χ1v) is 7.63. The highest BCUT2D eigenvalue weighted by Crippen LogP contribution is 2.36. The Hall–Kier alpha value is -2.76. The lowest BCUT2D eigenvalue weighted by Gasteiger charge is -2.14. The maximum Gasteiger partial charge on any atom is 0.259 e. The summed E-state index contributed by atoms with van der Waals surface area (Å²) in [5, 5.41) is 2.71. The molecule has 0 fully saturated rings. The maximum atomic E-state index is 13.4. The third kappa shape index (κ3) is 3.27. The van der Waals surface area contributed by atoms with Crippen molar-refractivity contribution >= 4 is 11.6 Å². The van der Waals surface area contributed by atoms with Crippen molar-refractivity contribution in [2.24, 2.45) is 0 Å². The van der Waals surface area contributed by atoms with E-state index in [0.717, 1.165) is 12.0 Å². The summed E-state index contributed by atoms with van der Waals surface area (Å²) in [7, 11) is 1.48. The number of carbonyl (C=O) groups excluding carboxylic acids is 1. The van der Waals surface area contributed by atoms with E-state index in [2.05, 4.69) is 5.32 Å². The van der Waals surface area contributed by atoms with Crippen LogP contribution in [0.15, 0.2) is 30.3 Å². The van der Waals surface area contributed by atoms with Crippen molar-refractivity contribution in [1.82, 2.24) is 0 Å². The number of aryl methyl sites for hydroxylation is 1. The van der Waals surface area contributed by atoms with Gasteiger partial charge in [0.25, 0.3) is 5.91 Å². The lowest BCUT2D eigenvalue weighted by Crippen LogP contribution is -2.14. The summed E-state index contributed by atoms with van der Waals surface area (Å²) in [4.78, 5) is 12.6. The second kappa shape index (κ2) is 6.78. The van der Waals surface area contributed by atoms with Crippen LogP contribution in [0.3, 0.4) is 0 Å². The summed E-state index contributed by atoms with van der Waals surface area (Å²) in [5.74, 6) is 0.584. The Morgan fingerprint density at radius 2 is 1.88 bits per heavy atom. The van der Waals surface area contributed by atoms with Crippen LogP contribution < -0.4 is 19.5 Å². The quantitative estimate of drug-likeness (QED) is 0.934. The summed E-state index contributed by atoms with van der Waals surface area (Å²) < 4.78 is 29.9. The number of benzene rings is 2. The van der Waals surface area contributed by atoms with E-state index in [9.17, 15) is 9.18 Å². The van der Waals surface area contributed by atoms with Crippen LogP contribution in [0.5, 0.6) is 17.2 Å². The Morgan fingerprint density at radius 3 is 2.58 bits per heavy atom. The van der Waals surface area contributed by atoms with E-state index in [1.807, 2.05) is 0 Å². The minimum atomic E-state index is -0.415. The number of halogens is 1. The number of ether oxygens (including phenoxy) is 3. The molecule has 0 saturated heterocycles. The largest absolute Gasteiger partial charge is 0.496 e. The van der Waals surface area contributed by atoms with Crippen molar-refractivity contribution in [3.8, 4) is 17.2 Å². The van der Waals surface area contributed by atoms with Gasteiger partial charge in [-0.15, -0.1) is 0 Å². The molecule has 0 bridgehead atoms. The maximum absolute atomic E-state index is 13.4. The van der Waals surface area contributed by atoms with Gasteiger partial charge in [-0.3, -0.25) is 4.79 Å². The molecule has 0 saturated carbocycles. The van der Waals surface area contributed by atoms with Crippen molar-refractivity contribution in [1.29, 1.82) is 0 Å². The van der Waals surface area contributed by atoms with E-state index < -0.39 is 11.7 Å². The molecular weight excluding hydrogens is 313 g/mol. The zero-order chi connectivity index (χ0) is 17.1. The molecule has 0 radical (unpaired) electrons. The van der Waals surface area contributed by atoms with E-state index in [1.165, 1.54) is 19.2 Å². The Labute approximate surface area is 139 Å². The monoisotopic (exact) mass is 331 g/mol. The van der Waals surface area contributed by atoms with Crippen LogP contribution in [0.1, 0.15) is 22.3 Å². The number of methoxy groups -OCH3 is 1. The van der Waals surface area contributed by atoms with Gasteiger partial charge in [0.1, 0.15) is 11.6 Å². The first-order valence-electron chi connectivity index (χ1n) is 7.63. The van der Waals surface area contributed by atoms with Crippen LogP contribution >= 0.6 is 0 Å². The van der Waals surface area contributed by atoms with Crippen LogP contribution in [0.2, 0.25) is 0 Å². The Bertz CT molecular complexity index is 776. The van der Waals surface area contributed by atoms with E-state index in [-0.39, 0.29) is 0 Å². The minimum absolute atomic E-state index is 0.297. The topological polar surface area (TPSA) is 56.8 Å². The second-order valence-electron chi connectivity index (χ2n) is 5.46. The van der Waals surface area contributed by atoms with E-state index in [1.54, 1.807) is 25.1 Å². The lowest BCUT2D eigenvalue weighted by atomic mass is 10.1. The summed E-state index contributed by atoms with van der Waals surface area (Å²) in [6.07, 6.45) is 0.765. The van der Waals surface area contributed by atoms with Gasteiger partial charge in [0.2, 0.25) is 0 Å². The fourth-order valence-corrected chi connectivity index (χ4v) is 2.45. The summed E-state index contributed by atoms with van der Waals surface area (Å²) in [5.41, 5.74) is 1.47. The number of anilines is 1. The number of nitrogens with one attached hydrogen (secondary N) is 1. The SMILES string of the molecule is COc1cc2c(cc1C(=O)Nc1cc(F)ccc1C)OCCCO2. The minimum Gasteiger partial charge on any atom is -0.496 e. The smallest absolute Gasteiger partial charge is 0.259 e. The molecule has 3 rings (SSSR count). The molecular formula is C18H18FNO4. The van der Waals surface area contributed by atoms with Crippen molar-refractivity contribution in [2.45, 2.75) is 13.3 Å².